The molecule has 2 heterocycles. The zero-order valence-corrected chi connectivity index (χ0v) is 15.0. The first-order chi connectivity index (χ1) is 12.1. The first-order valence-electron chi connectivity index (χ1n) is 8.87. The van der Waals surface area contributed by atoms with E-state index in [1.807, 2.05) is 17.3 Å². The minimum absolute atomic E-state index is 0.0221. The van der Waals surface area contributed by atoms with Gasteiger partial charge in [-0.05, 0) is 37.5 Å². The molecule has 1 aliphatic rings. The molecule has 1 fully saturated rings. The molecule has 0 radical (unpaired) electrons. The van der Waals surface area contributed by atoms with Crippen LogP contribution >= 0.6 is 0 Å². The third kappa shape index (κ3) is 4.50. The molecule has 0 atom stereocenters. The lowest BCUT2D eigenvalue weighted by molar-refractivity contribution is 0.201. The number of benzene rings is 1. The second kappa shape index (κ2) is 8.01. The van der Waals surface area contributed by atoms with E-state index in [-0.39, 0.29) is 6.03 Å². The fraction of sp³-hybridized carbons (Fsp3) is 0.400. The number of nitrogens with zero attached hydrogens (tertiary/aromatic N) is 3. The second-order valence-electron chi connectivity index (χ2n) is 6.63. The van der Waals surface area contributed by atoms with Gasteiger partial charge in [-0.15, -0.1) is 0 Å². The Morgan fingerprint density at radius 3 is 2.64 bits per heavy atom. The topological polar surface area (TPSA) is 48.5 Å². The van der Waals surface area contributed by atoms with E-state index >= 15 is 0 Å². The highest BCUT2D eigenvalue weighted by Gasteiger charge is 2.19. The third-order valence-corrected chi connectivity index (χ3v) is 4.68. The molecule has 0 spiro atoms. The van der Waals surface area contributed by atoms with Crippen molar-refractivity contribution in [3.8, 4) is 0 Å². The molecule has 0 bridgehead atoms. The van der Waals surface area contributed by atoms with Crippen LogP contribution in [0.15, 0.2) is 42.7 Å². The SMILES string of the molecule is Cc1ccc(CNC(=O)N2CCCN(c3ccncc3C)CC2)cc1. The van der Waals surface area contributed by atoms with Gasteiger partial charge in [-0.25, -0.2) is 4.79 Å². The summed E-state index contributed by atoms with van der Waals surface area (Å²) in [5.41, 5.74) is 4.76. The molecule has 5 nitrogen and oxygen atoms in total. The van der Waals surface area contributed by atoms with E-state index in [0.717, 1.165) is 38.2 Å². The number of hydrogen-bond donors (Lipinski definition) is 1. The quantitative estimate of drug-likeness (QED) is 0.935. The Balaban J connectivity index is 1.54. The Hall–Kier alpha value is -2.56. The van der Waals surface area contributed by atoms with Gasteiger partial charge in [-0.1, -0.05) is 29.8 Å². The summed E-state index contributed by atoms with van der Waals surface area (Å²) in [5.74, 6) is 0. The van der Waals surface area contributed by atoms with Crippen molar-refractivity contribution >= 4 is 11.7 Å². The van der Waals surface area contributed by atoms with E-state index in [1.165, 1.54) is 16.8 Å². The summed E-state index contributed by atoms with van der Waals surface area (Å²) < 4.78 is 0. The number of aryl methyl sites for hydroxylation is 2. The summed E-state index contributed by atoms with van der Waals surface area (Å²) in [6.45, 7) is 8.06. The van der Waals surface area contributed by atoms with Gasteiger partial charge in [0.25, 0.3) is 0 Å². The zero-order chi connectivity index (χ0) is 17.6. The molecule has 1 aromatic carbocycles. The molecule has 1 N–H and O–H groups in total. The molecule has 2 amide bonds. The number of nitrogens with one attached hydrogen (secondary N) is 1. The highest BCUT2D eigenvalue weighted by Crippen LogP contribution is 2.20. The van der Waals surface area contributed by atoms with Crippen molar-refractivity contribution in [3.05, 3.63) is 59.4 Å². The van der Waals surface area contributed by atoms with Gasteiger partial charge in [0.15, 0.2) is 0 Å². The van der Waals surface area contributed by atoms with Crippen molar-refractivity contribution in [1.82, 2.24) is 15.2 Å². The number of hydrogen-bond acceptors (Lipinski definition) is 3. The lowest BCUT2D eigenvalue weighted by atomic mass is 10.1. The molecule has 1 saturated heterocycles. The maximum atomic E-state index is 12.5. The second-order valence-corrected chi connectivity index (χ2v) is 6.63. The van der Waals surface area contributed by atoms with E-state index in [0.29, 0.717) is 6.54 Å². The fourth-order valence-electron chi connectivity index (χ4n) is 3.18. The number of carbonyl (C=O) groups is 1. The highest BCUT2D eigenvalue weighted by atomic mass is 16.2. The van der Waals surface area contributed by atoms with Crippen LogP contribution in [0.2, 0.25) is 0 Å². The molecule has 0 aliphatic carbocycles. The summed E-state index contributed by atoms with van der Waals surface area (Å²) in [6.07, 6.45) is 4.70. The Morgan fingerprint density at radius 1 is 1.08 bits per heavy atom. The molecule has 25 heavy (non-hydrogen) atoms. The average molecular weight is 338 g/mol. The van der Waals surface area contributed by atoms with Gasteiger partial charge in [0.1, 0.15) is 0 Å². The third-order valence-electron chi connectivity index (χ3n) is 4.68. The van der Waals surface area contributed by atoms with E-state index in [9.17, 15) is 4.79 Å². The van der Waals surface area contributed by atoms with Crippen LogP contribution in [0.4, 0.5) is 10.5 Å². The van der Waals surface area contributed by atoms with Gasteiger partial charge < -0.3 is 15.1 Å². The maximum Gasteiger partial charge on any atom is 0.317 e. The van der Waals surface area contributed by atoms with Gasteiger partial charge in [-0.3, -0.25) is 4.98 Å². The monoisotopic (exact) mass is 338 g/mol. The number of rotatable bonds is 3. The minimum Gasteiger partial charge on any atom is -0.369 e. The number of aromatic nitrogens is 1. The summed E-state index contributed by atoms with van der Waals surface area (Å²) in [5, 5.41) is 3.04. The summed E-state index contributed by atoms with van der Waals surface area (Å²) in [7, 11) is 0. The van der Waals surface area contributed by atoms with Crippen LogP contribution in [-0.4, -0.2) is 42.1 Å². The van der Waals surface area contributed by atoms with Crippen LogP contribution in [0.1, 0.15) is 23.1 Å². The first kappa shape index (κ1) is 17.3. The molecule has 2 aromatic rings. The maximum absolute atomic E-state index is 12.5. The van der Waals surface area contributed by atoms with Crippen LogP contribution in [0.25, 0.3) is 0 Å². The largest absolute Gasteiger partial charge is 0.369 e. The summed E-state index contributed by atoms with van der Waals surface area (Å²) in [4.78, 5) is 20.9. The van der Waals surface area contributed by atoms with Crippen LogP contribution in [0, 0.1) is 13.8 Å². The van der Waals surface area contributed by atoms with E-state index in [2.05, 4.69) is 59.4 Å². The Kier molecular flexibility index (Phi) is 5.53. The zero-order valence-electron chi connectivity index (χ0n) is 15.0. The molecule has 1 aromatic heterocycles. The van der Waals surface area contributed by atoms with Crippen molar-refractivity contribution in [3.63, 3.8) is 0 Å². The lowest BCUT2D eigenvalue weighted by Crippen LogP contribution is -2.41. The Labute approximate surface area is 149 Å². The molecular formula is C20H26N4O. The van der Waals surface area contributed by atoms with Crippen LogP contribution in [-0.2, 0) is 6.54 Å². The van der Waals surface area contributed by atoms with E-state index < -0.39 is 0 Å². The molecule has 0 unspecified atom stereocenters. The number of anilines is 1. The van der Waals surface area contributed by atoms with Gasteiger partial charge in [0.05, 0.1) is 0 Å². The molecule has 3 rings (SSSR count). The molecule has 5 heteroatoms. The molecular weight excluding hydrogens is 312 g/mol. The van der Waals surface area contributed by atoms with Crippen molar-refractivity contribution in [1.29, 1.82) is 0 Å². The van der Waals surface area contributed by atoms with Gasteiger partial charge in [0, 0.05) is 50.8 Å². The first-order valence-corrected chi connectivity index (χ1v) is 8.87. The van der Waals surface area contributed by atoms with E-state index in [4.69, 9.17) is 0 Å². The average Bonchev–Trinajstić information content (AvgIpc) is 2.87. The molecule has 1 aliphatic heterocycles. The number of amides is 2. The van der Waals surface area contributed by atoms with Crippen LogP contribution < -0.4 is 10.2 Å². The number of pyridine rings is 1. The van der Waals surface area contributed by atoms with Gasteiger partial charge in [0.2, 0.25) is 0 Å². The van der Waals surface area contributed by atoms with E-state index in [1.54, 1.807) is 0 Å². The van der Waals surface area contributed by atoms with Crippen molar-refractivity contribution in [2.45, 2.75) is 26.8 Å². The molecule has 132 valence electrons. The fourth-order valence-corrected chi connectivity index (χ4v) is 3.18. The Morgan fingerprint density at radius 2 is 1.88 bits per heavy atom. The summed E-state index contributed by atoms with van der Waals surface area (Å²) in [6, 6.07) is 10.3. The van der Waals surface area contributed by atoms with Gasteiger partial charge >= 0.3 is 6.03 Å². The Bertz CT molecular complexity index is 714. The number of carbonyl (C=O) groups excluding carboxylic acids is 1. The van der Waals surface area contributed by atoms with Crippen LogP contribution in [0.3, 0.4) is 0 Å². The predicted molar refractivity (Wildman–Crippen MR) is 101 cm³/mol. The van der Waals surface area contributed by atoms with Crippen molar-refractivity contribution in [2.24, 2.45) is 0 Å². The lowest BCUT2D eigenvalue weighted by Gasteiger charge is -2.25. The number of urea groups is 1. The standard InChI is InChI=1S/C20H26N4O/c1-16-4-6-18(7-5-16)15-22-20(25)24-11-3-10-23(12-13-24)19-8-9-21-14-17(19)2/h4-9,14H,3,10-13,15H2,1-2H3,(H,22,25). The highest BCUT2D eigenvalue weighted by molar-refractivity contribution is 5.74. The van der Waals surface area contributed by atoms with Crippen molar-refractivity contribution in [2.75, 3.05) is 31.1 Å². The predicted octanol–water partition coefficient (Wildman–Crippen LogP) is 3.12. The smallest absolute Gasteiger partial charge is 0.317 e. The summed E-state index contributed by atoms with van der Waals surface area (Å²) >= 11 is 0. The minimum atomic E-state index is 0.0221. The normalized spacial score (nSPS) is 15.0. The molecule has 0 saturated carbocycles. The van der Waals surface area contributed by atoms with Crippen molar-refractivity contribution < 1.29 is 4.79 Å². The van der Waals surface area contributed by atoms with Gasteiger partial charge in [-0.2, -0.15) is 0 Å². The van der Waals surface area contributed by atoms with Crippen LogP contribution in [0.5, 0.6) is 0 Å².